The number of hydrogen-bond donors (Lipinski definition) is 2. The highest BCUT2D eigenvalue weighted by atomic mass is 16.2. The van der Waals surface area contributed by atoms with E-state index in [0.717, 1.165) is 42.9 Å². The molecule has 1 unspecified atom stereocenters. The molecule has 3 heterocycles. The minimum absolute atomic E-state index is 0.0683. The van der Waals surface area contributed by atoms with Crippen LogP contribution in [-0.4, -0.2) is 51.9 Å². The number of hydrogen-bond acceptors (Lipinski definition) is 4. The van der Waals surface area contributed by atoms with Gasteiger partial charge in [0.2, 0.25) is 11.8 Å². The van der Waals surface area contributed by atoms with Crippen molar-refractivity contribution in [1.82, 2.24) is 20.0 Å². The molecule has 1 fully saturated rings. The number of aromatic amines is 1. The lowest BCUT2D eigenvalue weighted by molar-refractivity contribution is -0.142. The number of amides is 2. The van der Waals surface area contributed by atoms with Crippen LogP contribution in [0.25, 0.3) is 0 Å². The number of rotatable bonds is 4. The molecule has 0 radical (unpaired) electrons. The van der Waals surface area contributed by atoms with Crippen LogP contribution in [0.3, 0.4) is 0 Å². The highest BCUT2D eigenvalue weighted by Crippen LogP contribution is 2.42. The fraction of sp³-hybridized carbons (Fsp3) is 0.737. The standard InChI is InChI=1S/C19H31N5O2/c1-11(2)14(17(20)25)15-13-10-24(19(3,4)16(13)22-21-15)18(26)12-6-8-23(5)9-7-12/h11-12,14H,6-10H2,1-5H3,(H2,20,25)(H,21,22). The van der Waals surface area contributed by atoms with E-state index in [4.69, 9.17) is 5.73 Å². The van der Waals surface area contributed by atoms with Crippen molar-refractivity contribution in [3.8, 4) is 0 Å². The number of nitrogens with one attached hydrogen (secondary N) is 1. The van der Waals surface area contributed by atoms with Gasteiger partial charge in [-0.3, -0.25) is 14.7 Å². The van der Waals surface area contributed by atoms with E-state index >= 15 is 0 Å². The van der Waals surface area contributed by atoms with Crippen molar-refractivity contribution < 1.29 is 9.59 Å². The molecule has 0 aliphatic carbocycles. The maximum Gasteiger partial charge on any atom is 0.226 e. The zero-order valence-corrected chi connectivity index (χ0v) is 16.5. The molecule has 0 aromatic carbocycles. The van der Waals surface area contributed by atoms with Crippen LogP contribution in [0.1, 0.15) is 63.4 Å². The number of piperidine rings is 1. The molecule has 0 spiro atoms. The molecule has 1 aromatic heterocycles. The molecule has 1 saturated heterocycles. The van der Waals surface area contributed by atoms with Gasteiger partial charge >= 0.3 is 0 Å². The second-order valence-electron chi connectivity index (χ2n) is 8.65. The second-order valence-corrected chi connectivity index (χ2v) is 8.65. The lowest BCUT2D eigenvalue weighted by Crippen LogP contribution is -2.46. The molecular weight excluding hydrogens is 330 g/mol. The number of nitrogens with zero attached hydrogens (tertiary/aromatic N) is 3. The molecule has 1 atom stereocenters. The van der Waals surface area contributed by atoms with E-state index in [0.29, 0.717) is 6.54 Å². The predicted octanol–water partition coefficient (Wildman–Crippen LogP) is 1.55. The Kier molecular flexibility index (Phi) is 4.86. The number of H-pyrrole nitrogens is 1. The van der Waals surface area contributed by atoms with Gasteiger partial charge in [-0.15, -0.1) is 0 Å². The van der Waals surface area contributed by atoms with Crippen molar-refractivity contribution in [2.75, 3.05) is 20.1 Å². The van der Waals surface area contributed by atoms with Crippen LogP contribution < -0.4 is 5.73 Å². The third kappa shape index (κ3) is 3.02. The van der Waals surface area contributed by atoms with Crippen molar-refractivity contribution in [1.29, 1.82) is 0 Å². The van der Waals surface area contributed by atoms with Gasteiger partial charge in [0.05, 0.1) is 29.4 Å². The Morgan fingerprint density at radius 3 is 2.42 bits per heavy atom. The monoisotopic (exact) mass is 361 g/mol. The second kappa shape index (κ2) is 6.68. The summed E-state index contributed by atoms with van der Waals surface area (Å²) in [6.45, 7) is 10.4. The van der Waals surface area contributed by atoms with E-state index in [1.54, 1.807) is 0 Å². The molecule has 7 nitrogen and oxygen atoms in total. The molecule has 26 heavy (non-hydrogen) atoms. The molecule has 0 saturated carbocycles. The van der Waals surface area contributed by atoms with Crippen LogP contribution in [0.15, 0.2) is 0 Å². The fourth-order valence-corrected chi connectivity index (χ4v) is 4.42. The maximum atomic E-state index is 13.2. The Morgan fingerprint density at radius 2 is 1.88 bits per heavy atom. The first-order chi connectivity index (χ1) is 12.1. The van der Waals surface area contributed by atoms with Crippen LogP contribution in [0.2, 0.25) is 0 Å². The molecule has 0 bridgehead atoms. The van der Waals surface area contributed by atoms with Crippen LogP contribution in [0.4, 0.5) is 0 Å². The topological polar surface area (TPSA) is 95.3 Å². The van der Waals surface area contributed by atoms with E-state index < -0.39 is 11.5 Å². The van der Waals surface area contributed by atoms with E-state index in [2.05, 4.69) is 22.1 Å². The van der Waals surface area contributed by atoms with Crippen LogP contribution in [0, 0.1) is 11.8 Å². The van der Waals surface area contributed by atoms with Gasteiger partial charge in [-0.25, -0.2) is 0 Å². The average molecular weight is 361 g/mol. The molecule has 2 amide bonds. The van der Waals surface area contributed by atoms with Gasteiger partial charge in [0.15, 0.2) is 0 Å². The number of carbonyl (C=O) groups is 2. The summed E-state index contributed by atoms with van der Waals surface area (Å²) in [7, 11) is 2.10. The van der Waals surface area contributed by atoms with Crippen LogP contribution in [0.5, 0.6) is 0 Å². The minimum atomic E-state index is -0.482. The highest BCUT2D eigenvalue weighted by molar-refractivity contribution is 5.83. The van der Waals surface area contributed by atoms with Crippen LogP contribution in [-0.2, 0) is 21.7 Å². The normalized spacial score (nSPS) is 21.8. The largest absolute Gasteiger partial charge is 0.369 e. The number of carbonyl (C=O) groups excluding carboxylic acids is 2. The summed E-state index contributed by atoms with van der Waals surface area (Å²) in [4.78, 5) is 29.4. The van der Waals surface area contributed by atoms with Gasteiger partial charge in [0.25, 0.3) is 0 Å². The molecule has 144 valence electrons. The Hall–Kier alpha value is -1.89. The first-order valence-electron chi connectivity index (χ1n) is 9.51. The SMILES string of the molecule is CC(C)C(C(N)=O)c1[nH]nc2c1CN(C(=O)C1CCN(C)CC1)C2(C)C. The number of primary amides is 1. The number of aromatic nitrogens is 2. The van der Waals surface area contributed by atoms with Crippen LogP contribution >= 0.6 is 0 Å². The number of fused-ring (bicyclic) bond motifs is 1. The highest BCUT2D eigenvalue weighted by Gasteiger charge is 2.47. The van der Waals surface area contributed by atoms with Gasteiger partial charge in [0, 0.05) is 11.5 Å². The maximum absolute atomic E-state index is 13.2. The predicted molar refractivity (Wildman–Crippen MR) is 99.2 cm³/mol. The summed E-state index contributed by atoms with van der Waals surface area (Å²) in [5.74, 6) is -0.435. The van der Waals surface area contributed by atoms with E-state index in [1.807, 2.05) is 32.6 Å². The Bertz CT molecular complexity index is 701. The quantitative estimate of drug-likeness (QED) is 0.851. The van der Waals surface area contributed by atoms with E-state index in [1.165, 1.54) is 0 Å². The van der Waals surface area contributed by atoms with Gasteiger partial charge in [-0.1, -0.05) is 13.8 Å². The molecule has 2 aliphatic heterocycles. The number of likely N-dealkylation sites (tertiary alicyclic amines) is 1. The number of nitrogens with two attached hydrogens (primary N) is 1. The lowest BCUT2D eigenvalue weighted by Gasteiger charge is -2.37. The zero-order valence-electron chi connectivity index (χ0n) is 16.5. The van der Waals surface area contributed by atoms with E-state index in [9.17, 15) is 9.59 Å². The summed E-state index contributed by atoms with van der Waals surface area (Å²) in [6.07, 6.45) is 1.79. The Labute approximate surface area is 155 Å². The molecule has 1 aromatic rings. The van der Waals surface area contributed by atoms with Crippen molar-refractivity contribution >= 4 is 11.8 Å². The van der Waals surface area contributed by atoms with Gasteiger partial charge in [0.1, 0.15) is 0 Å². The van der Waals surface area contributed by atoms with Gasteiger partial charge in [-0.2, -0.15) is 5.10 Å². The molecular formula is C19H31N5O2. The summed E-state index contributed by atoms with van der Waals surface area (Å²) in [5.41, 5.74) is 7.76. The first kappa shape index (κ1) is 18.9. The van der Waals surface area contributed by atoms with Gasteiger partial charge < -0.3 is 15.5 Å². The summed E-state index contributed by atoms with van der Waals surface area (Å²) in [5, 5.41) is 7.53. The average Bonchev–Trinajstić information content (AvgIpc) is 3.06. The molecule has 2 aliphatic rings. The van der Waals surface area contributed by atoms with Crippen molar-refractivity contribution in [3.63, 3.8) is 0 Å². The Balaban J connectivity index is 1.88. The third-order valence-corrected chi connectivity index (χ3v) is 6.09. The molecule has 7 heteroatoms. The summed E-state index contributed by atoms with van der Waals surface area (Å²) < 4.78 is 0. The smallest absolute Gasteiger partial charge is 0.226 e. The molecule has 3 rings (SSSR count). The lowest BCUT2D eigenvalue weighted by atomic mass is 9.88. The zero-order chi connectivity index (χ0) is 19.2. The minimum Gasteiger partial charge on any atom is -0.369 e. The van der Waals surface area contributed by atoms with Crippen molar-refractivity contribution in [2.24, 2.45) is 17.6 Å². The van der Waals surface area contributed by atoms with Gasteiger partial charge in [-0.05, 0) is 52.7 Å². The first-order valence-corrected chi connectivity index (χ1v) is 9.51. The van der Waals surface area contributed by atoms with Crippen molar-refractivity contribution in [2.45, 2.75) is 58.5 Å². The fourth-order valence-electron chi connectivity index (χ4n) is 4.42. The van der Waals surface area contributed by atoms with E-state index in [-0.39, 0.29) is 23.7 Å². The Morgan fingerprint density at radius 1 is 1.27 bits per heavy atom. The third-order valence-electron chi connectivity index (χ3n) is 6.09. The van der Waals surface area contributed by atoms with Crippen molar-refractivity contribution in [3.05, 3.63) is 17.0 Å². The summed E-state index contributed by atoms with van der Waals surface area (Å²) in [6, 6.07) is 0. The molecule has 3 N–H and O–H groups in total. The summed E-state index contributed by atoms with van der Waals surface area (Å²) >= 11 is 0.